The summed E-state index contributed by atoms with van der Waals surface area (Å²) in [6, 6.07) is 13.1. The lowest BCUT2D eigenvalue weighted by Gasteiger charge is -2.31. The molecule has 8 heteroatoms. The highest BCUT2D eigenvalue weighted by Gasteiger charge is 2.26. The summed E-state index contributed by atoms with van der Waals surface area (Å²) >= 11 is 0. The molecule has 0 radical (unpaired) electrons. The zero-order chi connectivity index (χ0) is 17.8. The molecule has 1 aromatic carbocycles. The van der Waals surface area contributed by atoms with Crippen molar-refractivity contribution in [1.29, 1.82) is 0 Å². The van der Waals surface area contributed by atoms with E-state index in [0.717, 1.165) is 18.5 Å². The zero-order valence-corrected chi connectivity index (χ0v) is 14.1. The molecule has 1 aliphatic heterocycles. The maximum absolute atomic E-state index is 12.7. The molecule has 1 aliphatic rings. The summed E-state index contributed by atoms with van der Waals surface area (Å²) in [5.74, 6) is 0.410. The van der Waals surface area contributed by atoms with Gasteiger partial charge in [0.2, 0.25) is 5.88 Å². The molecule has 4 rings (SSSR count). The Kier molecular flexibility index (Phi) is 4.55. The lowest BCUT2D eigenvalue weighted by Crippen LogP contribution is -2.42. The van der Waals surface area contributed by atoms with Crippen LogP contribution >= 0.6 is 0 Å². The van der Waals surface area contributed by atoms with Crippen LogP contribution in [0.4, 0.5) is 0 Å². The van der Waals surface area contributed by atoms with Crippen molar-refractivity contribution in [1.82, 2.24) is 30.1 Å². The predicted molar refractivity (Wildman–Crippen MR) is 92.9 cm³/mol. The summed E-state index contributed by atoms with van der Waals surface area (Å²) in [5.41, 5.74) is 1.17. The molecule has 0 saturated carbocycles. The molecule has 1 fully saturated rings. The van der Waals surface area contributed by atoms with Gasteiger partial charge in [0.1, 0.15) is 6.10 Å². The summed E-state index contributed by atoms with van der Waals surface area (Å²) in [7, 11) is 0. The minimum atomic E-state index is -0.106. The van der Waals surface area contributed by atoms with Crippen molar-refractivity contribution in [2.24, 2.45) is 0 Å². The fraction of sp³-hybridized carbons (Fsp3) is 0.278. The molecular formula is C18H18N6O2. The van der Waals surface area contributed by atoms with Crippen molar-refractivity contribution in [3.05, 3.63) is 60.6 Å². The van der Waals surface area contributed by atoms with E-state index in [9.17, 15) is 4.79 Å². The van der Waals surface area contributed by atoms with Crippen LogP contribution in [0.3, 0.4) is 0 Å². The van der Waals surface area contributed by atoms with Crippen LogP contribution < -0.4 is 4.74 Å². The van der Waals surface area contributed by atoms with Crippen LogP contribution in [0.5, 0.6) is 5.88 Å². The van der Waals surface area contributed by atoms with Gasteiger partial charge < -0.3 is 9.64 Å². The van der Waals surface area contributed by atoms with Crippen molar-refractivity contribution >= 4 is 5.91 Å². The summed E-state index contributed by atoms with van der Waals surface area (Å²) in [4.78, 5) is 15.9. The van der Waals surface area contributed by atoms with Gasteiger partial charge in [0.05, 0.1) is 11.9 Å². The Morgan fingerprint density at radius 1 is 1.08 bits per heavy atom. The lowest BCUT2D eigenvalue weighted by molar-refractivity contribution is 0.0580. The van der Waals surface area contributed by atoms with Gasteiger partial charge >= 0.3 is 0 Å². The van der Waals surface area contributed by atoms with Gasteiger partial charge in [-0.1, -0.05) is 18.2 Å². The average molecular weight is 350 g/mol. The normalized spacial score (nSPS) is 15.0. The summed E-state index contributed by atoms with van der Waals surface area (Å²) < 4.78 is 5.81. The standard InChI is InChI=1S/C18H18N6O2/c25-18(16-13-20-24(22-16)14-5-2-1-3-6-14)23-11-8-15(9-12-23)26-17-7-4-10-19-21-17/h1-7,10,13,15H,8-9,11-12H2. The molecule has 1 amide bonds. The molecule has 26 heavy (non-hydrogen) atoms. The van der Waals surface area contributed by atoms with Crippen LogP contribution in [0.1, 0.15) is 23.3 Å². The average Bonchev–Trinajstić information content (AvgIpc) is 3.20. The van der Waals surface area contributed by atoms with Gasteiger partial charge in [0.25, 0.3) is 5.91 Å². The Labute approximate surface area is 150 Å². The Hall–Kier alpha value is -3.29. The molecule has 0 bridgehead atoms. The number of hydrogen-bond acceptors (Lipinski definition) is 6. The van der Waals surface area contributed by atoms with Crippen molar-refractivity contribution in [3.63, 3.8) is 0 Å². The third-order valence-corrected chi connectivity index (χ3v) is 4.26. The predicted octanol–water partition coefficient (Wildman–Crippen LogP) is 1.74. The summed E-state index contributed by atoms with van der Waals surface area (Å²) in [5, 5.41) is 16.2. The van der Waals surface area contributed by atoms with E-state index in [1.165, 1.54) is 11.0 Å². The van der Waals surface area contributed by atoms with Gasteiger partial charge in [-0.2, -0.15) is 15.0 Å². The van der Waals surface area contributed by atoms with Crippen molar-refractivity contribution in [3.8, 4) is 11.6 Å². The van der Waals surface area contributed by atoms with E-state index >= 15 is 0 Å². The molecule has 0 atom stereocenters. The van der Waals surface area contributed by atoms with E-state index in [4.69, 9.17) is 4.74 Å². The quantitative estimate of drug-likeness (QED) is 0.712. The van der Waals surface area contributed by atoms with Gasteiger partial charge in [-0.25, -0.2) is 0 Å². The molecule has 2 aromatic heterocycles. The Bertz CT molecular complexity index is 860. The fourth-order valence-electron chi connectivity index (χ4n) is 2.91. The third kappa shape index (κ3) is 3.53. The second-order valence-electron chi connectivity index (χ2n) is 6.03. The van der Waals surface area contributed by atoms with Gasteiger partial charge in [0.15, 0.2) is 5.69 Å². The van der Waals surface area contributed by atoms with Crippen molar-refractivity contribution in [2.45, 2.75) is 18.9 Å². The molecule has 0 aliphatic carbocycles. The molecule has 0 unspecified atom stereocenters. The maximum Gasteiger partial charge on any atom is 0.276 e. The molecule has 132 valence electrons. The number of carbonyl (C=O) groups excluding carboxylic acids is 1. The van der Waals surface area contributed by atoms with Gasteiger partial charge in [0, 0.05) is 38.2 Å². The van der Waals surface area contributed by atoms with E-state index in [2.05, 4.69) is 20.4 Å². The summed E-state index contributed by atoms with van der Waals surface area (Å²) in [6.07, 6.45) is 4.65. The third-order valence-electron chi connectivity index (χ3n) is 4.26. The topological polar surface area (TPSA) is 86.0 Å². The largest absolute Gasteiger partial charge is 0.473 e. The van der Waals surface area contributed by atoms with Gasteiger partial charge in [-0.05, 0) is 18.2 Å². The monoisotopic (exact) mass is 350 g/mol. The first kappa shape index (κ1) is 16.2. The van der Waals surface area contributed by atoms with E-state index in [0.29, 0.717) is 24.7 Å². The Morgan fingerprint density at radius 3 is 2.62 bits per heavy atom. The number of aromatic nitrogens is 5. The van der Waals surface area contributed by atoms with Gasteiger partial charge in [-0.15, -0.1) is 10.2 Å². The molecule has 0 N–H and O–H groups in total. The van der Waals surface area contributed by atoms with E-state index in [1.54, 1.807) is 23.2 Å². The molecule has 1 saturated heterocycles. The first-order valence-corrected chi connectivity index (χ1v) is 8.51. The number of hydrogen-bond donors (Lipinski definition) is 0. The number of carbonyl (C=O) groups is 1. The molecule has 8 nitrogen and oxygen atoms in total. The molecule has 0 spiro atoms. The first-order valence-electron chi connectivity index (χ1n) is 8.51. The molecular weight excluding hydrogens is 332 g/mol. The fourth-order valence-corrected chi connectivity index (χ4v) is 2.91. The van der Waals surface area contributed by atoms with Crippen LogP contribution in [0.2, 0.25) is 0 Å². The van der Waals surface area contributed by atoms with E-state index in [-0.39, 0.29) is 12.0 Å². The SMILES string of the molecule is O=C(c1cnn(-c2ccccc2)n1)N1CCC(Oc2cccnn2)CC1. The minimum Gasteiger partial charge on any atom is -0.473 e. The molecule has 3 aromatic rings. The van der Waals surface area contributed by atoms with Crippen LogP contribution in [-0.2, 0) is 0 Å². The highest BCUT2D eigenvalue weighted by Crippen LogP contribution is 2.18. The van der Waals surface area contributed by atoms with E-state index < -0.39 is 0 Å². The number of benzene rings is 1. The maximum atomic E-state index is 12.7. The number of rotatable bonds is 4. The van der Waals surface area contributed by atoms with Crippen LogP contribution in [0, 0.1) is 0 Å². The lowest BCUT2D eigenvalue weighted by atomic mass is 10.1. The van der Waals surface area contributed by atoms with Crippen molar-refractivity contribution in [2.75, 3.05) is 13.1 Å². The second kappa shape index (κ2) is 7.30. The number of amides is 1. The highest BCUT2D eigenvalue weighted by atomic mass is 16.5. The Morgan fingerprint density at radius 2 is 1.88 bits per heavy atom. The van der Waals surface area contributed by atoms with Crippen LogP contribution in [0.25, 0.3) is 5.69 Å². The number of ether oxygens (including phenoxy) is 1. The molecule has 3 heterocycles. The highest BCUT2D eigenvalue weighted by molar-refractivity contribution is 5.92. The zero-order valence-electron chi connectivity index (χ0n) is 14.1. The second-order valence-corrected chi connectivity index (χ2v) is 6.03. The number of para-hydroxylation sites is 1. The number of piperidine rings is 1. The number of likely N-dealkylation sites (tertiary alicyclic amines) is 1. The number of nitrogens with zero attached hydrogens (tertiary/aromatic N) is 6. The Balaban J connectivity index is 1.36. The smallest absolute Gasteiger partial charge is 0.276 e. The first-order chi connectivity index (χ1) is 12.8. The minimum absolute atomic E-state index is 0.0377. The summed E-state index contributed by atoms with van der Waals surface area (Å²) in [6.45, 7) is 1.23. The van der Waals surface area contributed by atoms with Gasteiger partial charge in [-0.3, -0.25) is 4.79 Å². The van der Waals surface area contributed by atoms with Crippen molar-refractivity contribution < 1.29 is 9.53 Å². The van der Waals surface area contributed by atoms with E-state index in [1.807, 2.05) is 30.3 Å². The van der Waals surface area contributed by atoms with Crippen LogP contribution in [0.15, 0.2) is 54.9 Å². The van der Waals surface area contributed by atoms with Crippen LogP contribution in [-0.4, -0.2) is 55.2 Å².